The summed E-state index contributed by atoms with van der Waals surface area (Å²) in [5.74, 6) is -0.750. The van der Waals surface area contributed by atoms with Crippen LogP contribution in [-0.2, 0) is 23.1 Å². The first-order valence-corrected chi connectivity index (χ1v) is 9.86. The largest absolute Gasteiger partial charge is 0.465 e. The maximum atomic E-state index is 13.1. The van der Waals surface area contributed by atoms with E-state index < -0.39 is 24.8 Å². The van der Waals surface area contributed by atoms with Crippen molar-refractivity contribution in [1.82, 2.24) is 9.55 Å². The fraction of sp³-hybridized carbons (Fsp3) is 0.533. The molecule has 1 aromatic rings. The monoisotopic (exact) mass is 390 g/mol. The van der Waals surface area contributed by atoms with E-state index in [2.05, 4.69) is 4.98 Å². The highest BCUT2D eigenvalue weighted by Gasteiger charge is 2.43. The van der Waals surface area contributed by atoms with Gasteiger partial charge in [-0.25, -0.2) is 0 Å². The van der Waals surface area contributed by atoms with Crippen LogP contribution < -0.4 is 5.56 Å². The molecule has 1 N–H and O–H groups in total. The van der Waals surface area contributed by atoms with Gasteiger partial charge in [0.05, 0.1) is 19.8 Å². The molecular weight excluding hydrogens is 367 g/mol. The molecule has 1 heterocycles. The van der Waals surface area contributed by atoms with Crippen molar-refractivity contribution in [2.75, 3.05) is 19.8 Å². The fourth-order valence-electron chi connectivity index (χ4n) is 2.16. The number of aromatic nitrogens is 2. The van der Waals surface area contributed by atoms with E-state index in [0.717, 1.165) is 4.57 Å². The Kier molecular flexibility index (Phi) is 8.44. The number of carbonyl (C=O) groups is 1. The van der Waals surface area contributed by atoms with Crippen molar-refractivity contribution < 1.29 is 23.1 Å². The highest BCUT2D eigenvalue weighted by molar-refractivity contribution is 7.71. The molecule has 8 nitrogen and oxygen atoms in total. The molecule has 0 radical (unpaired) electrons. The molecule has 0 saturated carbocycles. The molecule has 10 heteroatoms. The Morgan fingerprint density at radius 3 is 2.40 bits per heavy atom. The van der Waals surface area contributed by atoms with Gasteiger partial charge < -0.3 is 18.8 Å². The zero-order chi connectivity index (χ0) is 19.0. The summed E-state index contributed by atoms with van der Waals surface area (Å²) in [6.07, 6.45) is 2.76. The van der Waals surface area contributed by atoms with E-state index in [9.17, 15) is 14.2 Å². The third-order valence-corrected chi connectivity index (χ3v) is 5.90. The van der Waals surface area contributed by atoms with E-state index in [1.807, 2.05) is 0 Å². The van der Waals surface area contributed by atoms with Gasteiger partial charge in [0, 0.05) is 18.5 Å². The normalized spacial score (nSPS) is 13.5. The number of carbonyl (C=O) groups excluding carboxylic acids is 1. The molecule has 0 spiro atoms. The van der Waals surface area contributed by atoms with Crippen molar-refractivity contribution in [3.63, 3.8) is 0 Å². The van der Waals surface area contributed by atoms with Crippen LogP contribution in [0.4, 0.5) is 0 Å². The van der Waals surface area contributed by atoms with Crippen molar-refractivity contribution >= 4 is 32.0 Å². The highest BCUT2D eigenvalue weighted by atomic mass is 32.1. The minimum absolute atomic E-state index is 0.0891. The smallest absolute Gasteiger partial charge is 0.349 e. The van der Waals surface area contributed by atoms with Crippen LogP contribution in [0, 0.1) is 4.77 Å². The van der Waals surface area contributed by atoms with Gasteiger partial charge in [0.1, 0.15) is 0 Å². The molecule has 1 rings (SSSR count). The Morgan fingerprint density at radius 1 is 1.32 bits per heavy atom. The summed E-state index contributed by atoms with van der Waals surface area (Å²) in [6, 6.07) is 1.28. The number of ether oxygens (including phenoxy) is 1. The number of aromatic amines is 1. The van der Waals surface area contributed by atoms with Crippen LogP contribution in [0.3, 0.4) is 0 Å². The lowest BCUT2D eigenvalue weighted by Crippen LogP contribution is -2.28. The van der Waals surface area contributed by atoms with Gasteiger partial charge in [-0.05, 0) is 45.5 Å². The first-order chi connectivity index (χ1) is 11.8. The van der Waals surface area contributed by atoms with Crippen LogP contribution >= 0.6 is 19.8 Å². The Morgan fingerprint density at radius 2 is 1.92 bits per heavy atom. The second-order valence-corrected chi connectivity index (χ2v) is 7.39. The van der Waals surface area contributed by atoms with E-state index in [-0.39, 0.29) is 30.2 Å². The Hall–Kier alpha value is -1.54. The molecule has 0 aliphatic rings. The molecule has 0 aromatic carbocycles. The maximum absolute atomic E-state index is 13.1. The van der Waals surface area contributed by atoms with Crippen LogP contribution in [0.15, 0.2) is 22.6 Å². The second kappa shape index (κ2) is 9.82. The maximum Gasteiger partial charge on any atom is 0.349 e. The fourth-order valence-corrected chi connectivity index (χ4v) is 4.36. The summed E-state index contributed by atoms with van der Waals surface area (Å²) in [7, 11) is -3.84. The van der Waals surface area contributed by atoms with Crippen LogP contribution in [0.2, 0.25) is 0 Å². The molecule has 0 amide bonds. The summed E-state index contributed by atoms with van der Waals surface area (Å²) in [6.45, 7) is 6.75. The SMILES string of the molecule is CCOC(=O)C(/C(C)=C\n1c(=O)cc[nH]c1=S)P(=O)(OCC)OCC. The molecule has 0 aliphatic heterocycles. The number of nitrogens with one attached hydrogen (secondary N) is 1. The predicted molar refractivity (Wildman–Crippen MR) is 97.1 cm³/mol. The Bertz CT molecular complexity index is 746. The number of H-pyrrole nitrogens is 1. The van der Waals surface area contributed by atoms with Gasteiger partial charge in [0.2, 0.25) is 0 Å². The summed E-state index contributed by atoms with van der Waals surface area (Å²) in [5.41, 5.74) is -1.42. The van der Waals surface area contributed by atoms with E-state index >= 15 is 0 Å². The van der Waals surface area contributed by atoms with Crippen LogP contribution in [0.1, 0.15) is 27.7 Å². The van der Waals surface area contributed by atoms with E-state index in [1.54, 1.807) is 27.7 Å². The summed E-state index contributed by atoms with van der Waals surface area (Å²) < 4.78 is 30.0. The summed E-state index contributed by atoms with van der Waals surface area (Å²) in [4.78, 5) is 27.1. The molecule has 1 unspecified atom stereocenters. The topological polar surface area (TPSA) is 99.6 Å². The molecule has 25 heavy (non-hydrogen) atoms. The molecule has 0 bridgehead atoms. The lowest BCUT2D eigenvalue weighted by molar-refractivity contribution is -0.142. The number of hydrogen-bond donors (Lipinski definition) is 1. The third-order valence-electron chi connectivity index (χ3n) is 3.10. The quantitative estimate of drug-likeness (QED) is 0.393. The first kappa shape index (κ1) is 21.5. The van der Waals surface area contributed by atoms with Crippen molar-refractivity contribution in [2.45, 2.75) is 33.4 Å². The van der Waals surface area contributed by atoms with Gasteiger partial charge >= 0.3 is 13.6 Å². The Balaban J connectivity index is 3.48. The first-order valence-electron chi connectivity index (χ1n) is 7.84. The minimum Gasteiger partial charge on any atom is -0.465 e. The third kappa shape index (κ3) is 5.47. The lowest BCUT2D eigenvalue weighted by Gasteiger charge is -2.25. The van der Waals surface area contributed by atoms with E-state index in [4.69, 9.17) is 26.0 Å². The summed E-state index contributed by atoms with van der Waals surface area (Å²) in [5, 5.41) is 0. The standard InChI is InChI=1S/C15H23N2O6PS/c1-5-21-14(19)13(24(20,22-6-2)23-7-3)11(4)10-17-12(18)8-9-16-15(17)25/h8-10,13H,5-7H2,1-4H3,(H,16,25)/b11-10-. The van der Waals surface area contributed by atoms with Crippen molar-refractivity contribution in [2.24, 2.45) is 0 Å². The van der Waals surface area contributed by atoms with E-state index in [0.29, 0.717) is 0 Å². The van der Waals surface area contributed by atoms with Gasteiger partial charge in [0.25, 0.3) is 5.56 Å². The van der Waals surface area contributed by atoms with Gasteiger partial charge in [-0.2, -0.15) is 0 Å². The van der Waals surface area contributed by atoms with Crippen molar-refractivity contribution in [3.8, 4) is 0 Å². The van der Waals surface area contributed by atoms with Crippen LogP contribution in [-0.4, -0.2) is 41.0 Å². The van der Waals surface area contributed by atoms with Gasteiger partial charge in [-0.1, -0.05) is 0 Å². The summed E-state index contributed by atoms with van der Waals surface area (Å²) >= 11 is 5.07. The average Bonchev–Trinajstić information content (AvgIpc) is 2.52. The second-order valence-electron chi connectivity index (χ2n) is 4.89. The van der Waals surface area contributed by atoms with Gasteiger partial charge in [0.15, 0.2) is 10.4 Å². The average molecular weight is 390 g/mol. The van der Waals surface area contributed by atoms with Crippen LogP contribution in [0.25, 0.3) is 6.20 Å². The van der Waals surface area contributed by atoms with E-state index in [1.165, 1.54) is 18.5 Å². The number of nitrogens with zero attached hydrogens (tertiary/aromatic N) is 1. The Labute approximate surface area is 151 Å². The van der Waals surface area contributed by atoms with Crippen molar-refractivity contribution in [3.05, 3.63) is 33.0 Å². The van der Waals surface area contributed by atoms with Gasteiger partial charge in [-0.15, -0.1) is 0 Å². The van der Waals surface area contributed by atoms with Gasteiger partial charge in [-0.3, -0.25) is 18.7 Å². The minimum atomic E-state index is -3.84. The molecule has 0 saturated heterocycles. The molecule has 1 aromatic heterocycles. The number of rotatable bonds is 9. The number of esters is 1. The van der Waals surface area contributed by atoms with Crippen LogP contribution in [0.5, 0.6) is 0 Å². The predicted octanol–water partition coefficient (Wildman–Crippen LogP) is 2.96. The molecule has 140 valence electrons. The molecule has 0 aliphatic carbocycles. The number of hydrogen-bond acceptors (Lipinski definition) is 7. The molecular formula is C15H23N2O6PS. The molecule has 0 fully saturated rings. The zero-order valence-corrected chi connectivity index (χ0v) is 16.4. The molecule has 1 atom stereocenters. The van der Waals surface area contributed by atoms with Crippen molar-refractivity contribution in [1.29, 1.82) is 0 Å². The lowest BCUT2D eigenvalue weighted by atomic mass is 10.2. The zero-order valence-electron chi connectivity index (χ0n) is 14.7. The highest BCUT2D eigenvalue weighted by Crippen LogP contribution is 2.55.